The third kappa shape index (κ3) is 3.27. The molecule has 0 saturated carbocycles. The van der Waals surface area contributed by atoms with Crippen molar-refractivity contribution in [3.05, 3.63) is 115 Å². The zero-order valence-corrected chi connectivity index (χ0v) is 19.2. The number of aromatic nitrogens is 2. The molecular weight excluding hydrogens is 420 g/mol. The van der Waals surface area contributed by atoms with Crippen molar-refractivity contribution in [1.29, 1.82) is 0 Å². The van der Waals surface area contributed by atoms with Crippen molar-refractivity contribution in [2.45, 2.75) is 6.55 Å². The summed E-state index contributed by atoms with van der Waals surface area (Å²) in [6.07, 6.45) is 3.49. The Kier molecular flexibility index (Phi) is 4.40. The molecule has 1 atom stereocenters. The lowest BCUT2D eigenvalue weighted by atomic mass is 10.0. The fourth-order valence-electron chi connectivity index (χ4n) is 4.83. The Morgan fingerprint density at radius 2 is 1.52 bits per heavy atom. The first-order valence-corrected chi connectivity index (χ1v) is 13.5. The number of hydrogen-bond donors (Lipinski definition) is 0. The summed E-state index contributed by atoms with van der Waals surface area (Å²) < 4.78 is 13.7. The molecule has 3 nitrogen and oxygen atoms in total. The molecule has 158 valence electrons. The highest BCUT2D eigenvalue weighted by atomic mass is 28.3. The molecule has 0 spiro atoms. The zero-order valence-electron chi connectivity index (χ0n) is 19.2. The Morgan fingerprint density at radius 3 is 2.39 bits per heavy atom. The van der Waals surface area contributed by atoms with Crippen molar-refractivity contribution < 1.29 is 6.11 Å². The van der Waals surface area contributed by atoms with E-state index in [4.69, 9.17) is 11.1 Å². The van der Waals surface area contributed by atoms with Crippen LogP contribution in [0, 0.1) is 0 Å². The summed E-state index contributed by atoms with van der Waals surface area (Å²) >= 11 is 0. The highest BCUT2D eigenvalue weighted by Gasteiger charge is 2.44. The van der Waals surface area contributed by atoms with Crippen LogP contribution in [0.25, 0.3) is 22.3 Å². The average Bonchev–Trinajstić information content (AvgIpc) is 3.14. The molecule has 6 rings (SSSR count). The fraction of sp³-hybridized carbons (Fsp3) is 0.0345. The van der Waals surface area contributed by atoms with Gasteiger partial charge in [0.05, 0.1) is 1.37 Å². The van der Waals surface area contributed by atoms with Gasteiger partial charge >= 0.3 is 0 Å². The van der Waals surface area contributed by atoms with Gasteiger partial charge in [0.25, 0.3) is 0 Å². The van der Waals surface area contributed by atoms with E-state index in [0.29, 0.717) is 17.7 Å². The van der Waals surface area contributed by atoms with Gasteiger partial charge in [0.15, 0.2) is 8.07 Å². The molecule has 0 N–H and O–H groups in total. The lowest BCUT2D eigenvalue weighted by molar-refractivity contribution is 0.463. The zero-order chi connectivity index (χ0) is 23.1. The third-order valence-electron chi connectivity index (χ3n) is 6.46. The van der Waals surface area contributed by atoms with Crippen LogP contribution in [-0.2, 0) is 0 Å². The summed E-state index contributed by atoms with van der Waals surface area (Å²) in [5, 5.41) is 3.98. The standard InChI is InChI=1S/C29H22N2OSi/c1-33(29-14-5-7-18-31-29)26-12-3-2-11-24(26)25-16-15-22(20-27(25)33)21-9-8-10-23(19-21)32-28-13-4-6-17-30-28/h2-20H,1H3/i4D. The first-order valence-electron chi connectivity index (χ1n) is 11.5. The molecule has 2 aromatic heterocycles. The highest BCUT2D eigenvalue weighted by Crippen LogP contribution is 2.32. The van der Waals surface area contributed by atoms with Crippen LogP contribution in [-0.4, -0.2) is 18.0 Å². The van der Waals surface area contributed by atoms with Gasteiger partial charge < -0.3 is 4.74 Å². The van der Waals surface area contributed by atoms with Crippen molar-refractivity contribution >= 4 is 23.8 Å². The van der Waals surface area contributed by atoms with Crippen LogP contribution in [0.5, 0.6) is 11.6 Å². The lowest BCUT2D eigenvalue weighted by Gasteiger charge is -2.24. The molecule has 0 fully saturated rings. The number of benzene rings is 3. The van der Waals surface area contributed by atoms with E-state index in [1.807, 2.05) is 30.5 Å². The van der Waals surface area contributed by atoms with Crippen LogP contribution in [0.4, 0.5) is 0 Å². The molecule has 5 aromatic rings. The number of hydrogen-bond acceptors (Lipinski definition) is 3. The largest absolute Gasteiger partial charge is 0.439 e. The summed E-state index contributed by atoms with van der Waals surface area (Å²) in [4.78, 5) is 9.04. The maximum atomic E-state index is 7.79. The van der Waals surface area contributed by atoms with Crippen molar-refractivity contribution in [3.8, 4) is 33.9 Å². The predicted octanol–water partition coefficient (Wildman–Crippen LogP) is 5.02. The number of ether oxygens (including phenoxy) is 1. The Balaban J connectivity index is 1.45. The fourth-order valence-corrected chi connectivity index (χ4v) is 8.82. The van der Waals surface area contributed by atoms with E-state index in [-0.39, 0.29) is 0 Å². The van der Waals surface area contributed by atoms with E-state index in [9.17, 15) is 0 Å². The van der Waals surface area contributed by atoms with Gasteiger partial charge in [0.2, 0.25) is 5.88 Å². The third-order valence-corrected chi connectivity index (χ3v) is 10.8. The van der Waals surface area contributed by atoms with Crippen molar-refractivity contribution in [2.24, 2.45) is 0 Å². The van der Waals surface area contributed by atoms with Crippen LogP contribution >= 0.6 is 0 Å². The molecular formula is C29H22N2OSi. The number of nitrogens with zero attached hydrogens (tertiary/aromatic N) is 2. The Labute approximate surface area is 195 Å². The number of fused-ring (bicyclic) bond motifs is 3. The Hall–Kier alpha value is -4.02. The molecule has 0 aliphatic carbocycles. The van der Waals surface area contributed by atoms with Gasteiger partial charge in [-0.25, -0.2) is 4.98 Å². The summed E-state index contributed by atoms with van der Waals surface area (Å²) in [5.74, 6) is 1.12. The van der Waals surface area contributed by atoms with E-state index in [1.54, 1.807) is 18.3 Å². The number of pyridine rings is 2. The SMILES string of the molecule is [2H]c1ccnc(Oc2cccc(-c3ccc4c(c3)[Si](C)(c3ccccn3)c3ccccc3-4)c2)c1. The molecule has 0 amide bonds. The van der Waals surface area contributed by atoms with Gasteiger partial charge in [-0.1, -0.05) is 73.3 Å². The van der Waals surface area contributed by atoms with E-state index < -0.39 is 8.07 Å². The monoisotopic (exact) mass is 443 g/mol. The second kappa shape index (κ2) is 7.83. The molecule has 3 heterocycles. The normalized spacial score (nSPS) is 16.6. The second-order valence-corrected chi connectivity index (χ2v) is 12.2. The first-order chi connectivity index (χ1) is 16.6. The maximum absolute atomic E-state index is 7.79. The van der Waals surface area contributed by atoms with Crippen LogP contribution in [0.15, 0.2) is 115 Å². The van der Waals surface area contributed by atoms with Gasteiger partial charge in [0, 0.05) is 23.8 Å². The molecule has 0 bridgehead atoms. The highest BCUT2D eigenvalue weighted by molar-refractivity contribution is 7.13. The summed E-state index contributed by atoms with van der Waals surface area (Å²) in [6.45, 7) is 2.41. The van der Waals surface area contributed by atoms with Crippen LogP contribution in [0.2, 0.25) is 6.55 Å². The molecule has 1 aliphatic rings. The predicted molar refractivity (Wildman–Crippen MR) is 136 cm³/mol. The van der Waals surface area contributed by atoms with E-state index in [2.05, 4.69) is 72.2 Å². The maximum Gasteiger partial charge on any atom is 0.219 e. The minimum absolute atomic E-state index is 0.373. The van der Waals surface area contributed by atoms with Crippen molar-refractivity contribution in [2.75, 3.05) is 0 Å². The summed E-state index contributed by atoms with van der Waals surface area (Å²) in [7, 11) is -2.22. The minimum Gasteiger partial charge on any atom is -0.439 e. The van der Waals surface area contributed by atoms with Crippen LogP contribution in [0.3, 0.4) is 0 Å². The summed E-state index contributed by atoms with van der Waals surface area (Å²) in [6, 6.07) is 33.5. The van der Waals surface area contributed by atoms with Crippen molar-refractivity contribution in [3.63, 3.8) is 0 Å². The van der Waals surface area contributed by atoms with Gasteiger partial charge in [0.1, 0.15) is 5.75 Å². The van der Waals surface area contributed by atoms with Gasteiger partial charge in [-0.2, -0.15) is 0 Å². The molecule has 0 saturated heterocycles. The van der Waals surface area contributed by atoms with E-state index in [1.165, 1.54) is 26.8 Å². The summed E-state index contributed by atoms with van der Waals surface area (Å²) in [5.41, 5.74) is 4.86. The molecule has 3 aromatic carbocycles. The second-order valence-electron chi connectivity index (χ2n) is 8.37. The van der Waals surface area contributed by atoms with E-state index in [0.717, 1.165) is 11.1 Å². The van der Waals surface area contributed by atoms with Gasteiger partial charge in [-0.05, 0) is 63.0 Å². The minimum atomic E-state index is -2.22. The van der Waals surface area contributed by atoms with Crippen LogP contribution < -0.4 is 20.4 Å². The lowest BCUT2D eigenvalue weighted by Crippen LogP contribution is -2.63. The molecule has 0 radical (unpaired) electrons. The molecule has 4 heteroatoms. The van der Waals surface area contributed by atoms with Gasteiger partial charge in [-0.15, -0.1) is 0 Å². The first kappa shape index (κ1) is 18.5. The molecule has 33 heavy (non-hydrogen) atoms. The van der Waals surface area contributed by atoms with Gasteiger partial charge in [-0.3, -0.25) is 4.98 Å². The van der Waals surface area contributed by atoms with Crippen molar-refractivity contribution in [1.82, 2.24) is 9.97 Å². The molecule has 1 aliphatic heterocycles. The smallest absolute Gasteiger partial charge is 0.219 e. The van der Waals surface area contributed by atoms with Crippen LogP contribution in [0.1, 0.15) is 1.37 Å². The quantitative estimate of drug-likeness (QED) is 0.366. The van der Waals surface area contributed by atoms with E-state index >= 15 is 0 Å². The Morgan fingerprint density at radius 1 is 0.697 bits per heavy atom. The average molecular weight is 444 g/mol. The molecule has 1 unspecified atom stereocenters. The Bertz CT molecular complexity index is 1520. The number of rotatable bonds is 4. The topological polar surface area (TPSA) is 35.0 Å².